The van der Waals surface area contributed by atoms with Crippen molar-refractivity contribution in [2.75, 3.05) is 13.6 Å². The Morgan fingerprint density at radius 3 is 2.64 bits per heavy atom. The van der Waals surface area contributed by atoms with Gasteiger partial charge in [0.1, 0.15) is 0 Å². The molecule has 1 fully saturated rings. The van der Waals surface area contributed by atoms with Gasteiger partial charge in [-0.05, 0) is 32.9 Å². The lowest BCUT2D eigenvalue weighted by molar-refractivity contribution is -0.128. The number of likely N-dealkylation sites (N-methyl/N-ethyl adjacent to an activating group) is 1. The Hall–Kier alpha value is -0.570. The van der Waals surface area contributed by atoms with Gasteiger partial charge in [-0.1, -0.05) is 26.2 Å². The molecule has 1 aliphatic rings. The maximum Gasteiger partial charge on any atom is 0.237 e. The first kappa shape index (κ1) is 11.5. The van der Waals surface area contributed by atoms with Crippen molar-refractivity contribution in [3.8, 4) is 0 Å². The van der Waals surface area contributed by atoms with Gasteiger partial charge in [-0.25, -0.2) is 0 Å². The standard InChI is InChI=1S/C11H22N2O/c1-3-4-5-7-11(10(12)14)8-6-9-13(11)2/h3-9H2,1-2H3,(H2,12,14)/t11-/m0/s1. The van der Waals surface area contributed by atoms with Gasteiger partial charge in [-0.15, -0.1) is 0 Å². The van der Waals surface area contributed by atoms with Gasteiger partial charge in [0, 0.05) is 0 Å². The third-order valence-electron chi connectivity index (χ3n) is 3.47. The summed E-state index contributed by atoms with van der Waals surface area (Å²) in [5.74, 6) is -0.131. The summed E-state index contributed by atoms with van der Waals surface area (Å²) < 4.78 is 0. The highest BCUT2D eigenvalue weighted by Gasteiger charge is 2.43. The Kier molecular flexibility index (Phi) is 3.93. The summed E-state index contributed by atoms with van der Waals surface area (Å²) in [6, 6.07) is 0. The van der Waals surface area contributed by atoms with E-state index in [-0.39, 0.29) is 11.4 Å². The molecule has 1 heterocycles. The van der Waals surface area contributed by atoms with E-state index in [0.29, 0.717) is 0 Å². The molecule has 0 aromatic carbocycles. The maximum atomic E-state index is 11.5. The van der Waals surface area contributed by atoms with Crippen LogP contribution in [-0.4, -0.2) is 29.9 Å². The molecule has 3 heteroatoms. The summed E-state index contributed by atoms with van der Waals surface area (Å²) in [7, 11) is 2.02. The zero-order chi connectivity index (χ0) is 10.6. The zero-order valence-corrected chi connectivity index (χ0v) is 9.38. The van der Waals surface area contributed by atoms with E-state index in [1.54, 1.807) is 0 Å². The summed E-state index contributed by atoms with van der Waals surface area (Å²) in [6.45, 7) is 3.18. The van der Waals surface area contributed by atoms with Crippen molar-refractivity contribution in [3.63, 3.8) is 0 Å². The van der Waals surface area contributed by atoms with Crippen LogP contribution < -0.4 is 5.73 Å². The topological polar surface area (TPSA) is 46.3 Å². The average Bonchev–Trinajstić information content (AvgIpc) is 2.49. The lowest BCUT2D eigenvalue weighted by atomic mass is 9.89. The Morgan fingerprint density at radius 2 is 2.21 bits per heavy atom. The van der Waals surface area contributed by atoms with E-state index in [0.717, 1.165) is 32.2 Å². The van der Waals surface area contributed by atoms with Crippen LogP contribution >= 0.6 is 0 Å². The van der Waals surface area contributed by atoms with Gasteiger partial charge in [-0.3, -0.25) is 9.69 Å². The average molecular weight is 198 g/mol. The first-order valence-corrected chi connectivity index (χ1v) is 5.64. The fourth-order valence-corrected chi connectivity index (χ4v) is 2.43. The normalized spacial score (nSPS) is 28.1. The SMILES string of the molecule is CCCCC[C@@]1(C(N)=O)CCCN1C. The minimum absolute atomic E-state index is 0.131. The predicted molar refractivity (Wildman–Crippen MR) is 57.9 cm³/mol. The Bertz CT molecular complexity index is 205. The molecule has 1 amide bonds. The van der Waals surface area contributed by atoms with Crippen LogP contribution in [0.3, 0.4) is 0 Å². The molecule has 2 N–H and O–H groups in total. The lowest BCUT2D eigenvalue weighted by Crippen LogP contribution is -2.52. The van der Waals surface area contributed by atoms with E-state index < -0.39 is 0 Å². The van der Waals surface area contributed by atoms with Crippen molar-refractivity contribution in [2.24, 2.45) is 5.73 Å². The number of unbranched alkanes of at least 4 members (excludes halogenated alkanes) is 2. The van der Waals surface area contributed by atoms with Crippen LogP contribution in [0.1, 0.15) is 45.4 Å². The quantitative estimate of drug-likeness (QED) is 0.681. The molecule has 0 aromatic heterocycles. The van der Waals surface area contributed by atoms with Crippen molar-refractivity contribution in [1.82, 2.24) is 4.90 Å². The number of amides is 1. The molecule has 1 saturated heterocycles. The molecule has 1 rings (SSSR count). The van der Waals surface area contributed by atoms with Crippen LogP contribution in [0.5, 0.6) is 0 Å². The second kappa shape index (κ2) is 4.78. The second-order valence-electron chi connectivity index (χ2n) is 4.38. The smallest absolute Gasteiger partial charge is 0.237 e. The first-order chi connectivity index (χ1) is 6.63. The summed E-state index contributed by atoms with van der Waals surface area (Å²) in [4.78, 5) is 13.7. The van der Waals surface area contributed by atoms with Crippen LogP contribution in [0.4, 0.5) is 0 Å². The van der Waals surface area contributed by atoms with E-state index in [2.05, 4.69) is 11.8 Å². The minimum atomic E-state index is -0.324. The third kappa shape index (κ3) is 2.08. The highest BCUT2D eigenvalue weighted by atomic mass is 16.1. The minimum Gasteiger partial charge on any atom is -0.368 e. The summed E-state index contributed by atoms with van der Waals surface area (Å²) >= 11 is 0. The van der Waals surface area contributed by atoms with Crippen molar-refractivity contribution in [1.29, 1.82) is 0 Å². The highest BCUT2D eigenvalue weighted by molar-refractivity contribution is 5.84. The van der Waals surface area contributed by atoms with Crippen LogP contribution in [-0.2, 0) is 4.79 Å². The van der Waals surface area contributed by atoms with E-state index in [9.17, 15) is 4.79 Å². The number of nitrogens with two attached hydrogens (primary N) is 1. The van der Waals surface area contributed by atoms with Crippen molar-refractivity contribution in [3.05, 3.63) is 0 Å². The van der Waals surface area contributed by atoms with Crippen LogP contribution in [0, 0.1) is 0 Å². The Morgan fingerprint density at radius 1 is 1.50 bits per heavy atom. The van der Waals surface area contributed by atoms with Gasteiger partial charge < -0.3 is 5.73 Å². The van der Waals surface area contributed by atoms with E-state index >= 15 is 0 Å². The van der Waals surface area contributed by atoms with Gasteiger partial charge in [0.25, 0.3) is 0 Å². The van der Waals surface area contributed by atoms with Gasteiger partial charge in [0.15, 0.2) is 0 Å². The Labute approximate surface area is 86.6 Å². The zero-order valence-electron chi connectivity index (χ0n) is 9.38. The largest absolute Gasteiger partial charge is 0.368 e. The highest BCUT2D eigenvalue weighted by Crippen LogP contribution is 2.32. The predicted octanol–water partition coefficient (Wildman–Crippen LogP) is 1.52. The summed E-state index contributed by atoms with van der Waals surface area (Å²) in [6.07, 6.45) is 6.49. The van der Waals surface area contributed by atoms with E-state index in [1.165, 1.54) is 12.8 Å². The summed E-state index contributed by atoms with van der Waals surface area (Å²) in [5.41, 5.74) is 5.20. The molecule has 1 atom stereocenters. The van der Waals surface area contributed by atoms with E-state index in [1.807, 2.05) is 7.05 Å². The van der Waals surface area contributed by atoms with Crippen molar-refractivity contribution in [2.45, 2.75) is 51.0 Å². The molecule has 0 aliphatic carbocycles. The molecule has 1 aliphatic heterocycles. The van der Waals surface area contributed by atoms with Gasteiger partial charge >= 0.3 is 0 Å². The van der Waals surface area contributed by atoms with Crippen LogP contribution in [0.25, 0.3) is 0 Å². The number of primary amides is 1. The molecule has 0 bridgehead atoms. The fraction of sp³-hybridized carbons (Fsp3) is 0.909. The molecule has 0 radical (unpaired) electrons. The maximum absolute atomic E-state index is 11.5. The molecule has 0 unspecified atom stereocenters. The number of carbonyl (C=O) groups is 1. The number of carbonyl (C=O) groups excluding carboxylic acids is 1. The van der Waals surface area contributed by atoms with E-state index in [4.69, 9.17) is 5.73 Å². The number of rotatable bonds is 5. The first-order valence-electron chi connectivity index (χ1n) is 5.64. The molecule has 0 saturated carbocycles. The third-order valence-corrected chi connectivity index (χ3v) is 3.47. The molecular formula is C11H22N2O. The molecule has 0 spiro atoms. The van der Waals surface area contributed by atoms with Gasteiger partial charge in [0.2, 0.25) is 5.91 Å². The second-order valence-corrected chi connectivity index (χ2v) is 4.38. The molecule has 14 heavy (non-hydrogen) atoms. The molecule has 82 valence electrons. The van der Waals surface area contributed by atoms with Gasteiger partial charge in [0.05, 0.1) is 5.54 Å². The van der Waals surface area contributed by atoms with Crippen molar-refractivity contribution >= 4 is 5.91 Å². The van der Waals surface area contributed by atoms with Crippen molar-refractivity contribution < 1.29 is 4.79 Å². The monoisotopic (exact) mass is 198 g/mol. The lowest BCUT2D eigenvalue weighted by Gasteiger charge is -2.33. The number of hydrogen-bond acceptors (Lipinski definition) is 2. The molecule has 3 nitrogen and oxygen atoms in total. The fourth-order valence-electron chi connectivity index (χ4n) is 2.43. The molecular weight excluding hydrogens is 176 g/mol. The molecule has 0 aromatic rings. The van der Waals surface area contributed by atoms with Crippen LogP contribution in [0.2, 0.25) is 0 Å². The summed E-state index contributed by atoms with van der Waals surface area (Å²) in [5, 5.41) is 0. The number of likely N-dealkylation sites (tertiary alicyclic amines) is 1. The number of hydrogen-bond donors (Lipinski definition) is 1. The number of nitrogens with zero attached hydrogens (tertiary/aromatic N) is 1. The Balaban J connectivity index is 2.58. The van der Waals surface area contributed by atoms with Gasteiger partial charge in [-0.2, -0.15) is 0 Å². The van der Waals surface area contributed by atoms with Crippen LogP contribution in [0.15, 0.2) is 0 Å².